The molecule has 1 fully saturated rings. The molecule has 2 N–H and O–H groups in total. The third-order valence-electron chi connectivity index (χ3n) is 4.04. The van der Waals surface area contributed by atoms with E-state index in [1.54, 1.807) is 0 Å². The lowest BCUT2D eigenvalue weighted by Crippen LogP contribution is -2.40. The van der Waals surface area contributed by atoms with Gasteiger partial charge in [-0.2, -0.15) is 0 Å². The molecule has 0 heterocycles. The minimum atomic E-state index is 0.208. The number of aliphatic hydroxyl groups excluding tert-OH is 1. The highest BCUT2D eigenvalue weighted by Crippen LogP contribution is 2.37. The molecule has 16 heavy (non-hydrogen) atoms. The summed E-state index contributed by atoms with van der Waals surface area (Å²) >= 11 is 0. The van der Waals surface area contributed by atoms with Gasteiger partial charge in [-0.3, -0.25) is 0 Å². The summed E-state index contributed by atoms with van der Waals surface area (Å²) in [4.78, 5) is 0. The van der Waals surface area contributed by atoms with Gasteiger partial charge in [-0.1, -0.05) is 39.5 Å². The van der Waals surface area contributed by atoms with Crippen molar-refractivity contribution in [2.45, 2.75) is 71.3 Å². The Morgan fingerprint density at radius 3 is 2.12 bits per heavy atom. The van der Waals surface area contributed by atoms with Crippen LogP contribution in [0.15, 0.2) is 0 Å². The first-order valence-corrected chi connectivity index (χ1v) is 7.10. The number of rotatable bonds is 8. The van der Waals surface area contributed by atoms with Crippen LogP contribution < -0.4 is 5.32 Å². The van der Waals surface area contributed by atoms with Crippen LogP contribution in [-0.2, 0) is 0 Å². The van der Waals surface area contributed by atoms with Crippen molar-refractivity contribution in [3.63, 3.8) is 0 Å². The maximum Gasteiger partial charge on any atom is 0.0499 e. The Hall–Kier alpha value is -0.0800. The molecular formula is C14H29NO. The molecule has 0 unspecified atom stereocenters. The maximum atomic E-state index is 9.55. The highest BCUT2D eigenvalue weighted by Gasteiger charge is 2.33. The molecule has 0 saturated heterocycles. The van der Waals surface area contributed by atoms with E-state index in [1.807, 2.05) is 0 Å². The summed E-state index contributed by atoms with van der Waals surface area (Å²) in [5.74, 6) is 0. The second-order valence-electron chi connectivity index (χ2n) is 5.52. The van der Waals surface area contributed by atoms with Crippen LogP contribution in [0.2, 0.25) is 0 Å². The van der Waals surface area contributed by atoms with E-state index in [0.29, 0.717) is 12.6 Å². The van der Waals surface area contributed by atoms with Crippen LogP contribution in [0.25, 0.3) is 0 Å². The van der Waals surface area contributed by atoms with E-state index >= 15 is 0 Å². The average Bonchev–Trinajstić information content (AvgIpc) is 2.76. The summed E-state index contributed by atoms with van der Waals surface area (Å²) in [6.07, 6.45) is 10.1. The first-order chi connectivity index (χ1) is 7.76. The normalized spacial score (nSPS) is 19.5. The minimum absolute atomic E-state index is 0.208. The zero-order valence-electron chi connectivity index (χ0n) is 11.1. The van der Waals surface area contributed by atoms with E-state index in [0.717, 1.165) is 6.54 Å². The van der Waals surface area contributed by atoms with E-state index in [9.17, 15) is 5.11 Å². The van der Waals surface area contributed by atoms with E-state index in [4.69, 9.17) is 0 Å². The highest BCUT2D eigenvalue weighted by atomic mass is 16.3. The maximum absolute atomic E-state index is 9.55. The Kier molecular flexibility index (Phi) is 6.37. The van der Waals surface area contributed by atoms with Crippen molar-refractivity contribution in [3.8, 4) is 0 Å². The summed E-state index contributed by atoms with van der Waals surface area (Å²) in [5.41, 5.74) is 0.208. The van der Waals surface area contributed by atoms with Gasteiger partial charge in [0.25, 0.3) is 0 Å². The molecular weight excluding hydrogens is 198 g/mol. The van der Waals surface area contributed by atoms with Gasteiger partial charge in [0.15, 0.2) is 0 Å². The third kappa shape index (κ3) is 4.06. The lowest BCUT2D eigenvalue weighted by atomic mass is 9.86. The van der Waals surface area contributed by atoms with Crippen LogP contribution in [0.3, 0.4) is 0 Å². The zero-order chi connectivity index (χ0) is 11.9. The van der Waals surface area contributed by atoms with Crippen molar-refractivity contribution in [1.82, 2.24) is 5.32 Å². The fourth-order valence-corrected chi connectivity index (χ4v) is 2.92. The topological polar surface area (TPSA) is 32.3 Å². The summed E-state index contributed by atoms with van der Waals surface area (Å²) in [6, 6.07) is 0.666. The molecule has 0 aromatic rings. The van der Waals surface area contributed by atoms with Crippen LogP contribution in [0.1, 0.15) is 65.2 Å². The average molecular weight is 227 g/mol. The van der Waals surface area contributed by atoms with Crippen LogP contribution in [0, 0.1) is 5.41 Å². The van der Waals surface area contributed by atoms with Gasteiger partial charge in [0, 0.05) is 24.6 Å². The molecule has 96 valence electrons. The molecule has 0 aromatic carbocycles. The molecule has 1 saturated carbocycles. The third-order valence-corrected chi connectivity index (χ3v) is 4.04. The second kappa shape index (κ2) is 7.29. The lowest BCUT2D eigenvalue weighted by Gasteiger charge is -2.29. The summed E-state index contributed by atoms with van der Waals surface area (Å²) in [7, 11) is 0. The Morgan fingerprint density at radius 1 is 1.12 bits per heavy atom. The van der Waals surface area contributed by atoms with Gasteiger partial charge < -0.3 is 10.4 Å². The minimum Gasteiger partial charge on any atom is -0.396 e. The smallest absolute Gasteiger partial charge is 0.0499 e. The molecule has 1 rings (SSSR count). The molecule has 1 aliphatic rings. The molecule has 0 aromatic heterocycles. The van der Waals surface area contributed by atoms with Crippen molar-refractivity contribution >= 4 is 0 Å². The van der Waals surface area contributed by atoms with Crippen molar-refractivity contribution in [2.24, 2.45) is 5.41 Å². The number of hydrogen-bond acceptors (Lipinski definition) is 2. The van der Waals surface area contributed by atoms with Gasteiger partial charge in [-0.05, 0) is 25.7 Å². The zero-order valence-corrected chi connectivity index (χ0v) is 11.1. The quantitative estimate of drug-likeness (QED) is 0.668. The molecule has 1 aliphatic carbocycles. The van der Waals surface area contributed by atoms with Crippen molar-refractivity contribution < 1.29 is 5.11 Å². The van der Waals surface area contributed by atoms with Crippen molar-refractivity contribution in [3.05, 3.63) is 0 Å². The highest BCUT2D eigenvalue weighted by molar-refractivity contribution is 4.87. The first kappa shape index (κ1) is 14.0. The van der Waals surface area contributed by atoms with Gasteiger partial charge in [0.2, 0.25) is 0 Å². The van der Waals surface area contributed by atoms with Gasteiger partial charge in [0.05, 0.1) is 0 Å². The number of aliphatic hydroxyl groups is 1. The Labute approximate surface area is 101 Å². The fourth-order valence-electron chi connectivity index (χ4n) is 2.92. The van der Waals surface area contributed by atoms with Gasteiger partial charge in [-0.25, -0.2) is 0 Å². The molecule has 0 spiro atoms. The summed E-state index contributed by atoms with van der Waals surface area (Å²) < 4.78 is 0. The van der Waals surface area contributed by atoms with Crippen molar-refractivity contribution in [2.75, 3.05) is 13.2 Å². The predicted molar refractivity (Wildman–Crippen MR) is 69.6 cm³/mol. The van der Waals surface area contributed by atoms with Gasteiger partial charge in [-0.15, -0.1) is 0 Å². The molecule has 2 heteroatoms. The van der Waals surface area contributed by atoms with Crippen molar-refractivity contribution in [1.29, 1.82) is 0 Å². The Bertz CT molecular complexity index is 170. The van der Waals surface area contributed by atoms with Gasteiger partial charge >= 0.3 is 0 Å². The van der Waals surface area contributed by atoms with Crippen LogP contribution in [0.4, 0.5) is 0 Å². The van der Waals surface area contributed by atoms with Crippen LogP contribution >= 0.6 is 0 Å². The monoisotopic (exact) mass is 227 g/mol. The van der Waals surface area contributed by atoms with E-state index in [-0.39, 0.29) is 5.41 Å². The van der Waals surface area contributed by atoms with E-state index < -0.39 is 0 Å². The standard InChI is InChI=1S/C14H29NO/c1-3-7-13(8-4-2)15-11-14(12-16)9-5-6-10-14/h13,15-16H,3-12H2,1-2H3. The Morgan fingerprint density at radius 2 is 1.69 bits per heavy atom. The fraction of sp³-hybridized carbons (Fsp3) is 1.00. The number of hydrogen-bond donors (Lipinski definition) is 2. The molecule has 2 nitrogen and oxygen atoms in total. The van der Waals surface area contributed by atoms with Crippen LogP contribution in [-0.4, -0.2) is 24.3 Å². The molecule has 0 atom stereocenters. The molecule has 0 amide bonds. The predicted octanol–water partition coefficient (Wildman–Crippen LogP) is 3.10. The molecule has 0 aliphatic heterocycles. The first-order valence-electron chi connectivity index (χ1n) is 7.10. The van der Waals surface area contributed by atoms with E-state index in [1.165, 1.54) is 51.4 Å². The Balaban J connectivity index is 2.34. The largest absolute Gasteiger partial charge is 0.396 e. The number of nitrogens with one attached hydrogen (secondary N) is 1. The van der Waals surface area contributed by atoms with Gasteiger partial charge in [0.1, 0.15) is 0 Å². The second-order valence-corrected chi connectivity index (χ2v) is 5.52. The summed E-state index contributed by atoms with van der Waals surface area (Å²) in [6.45, 7) is 5.89. The lowest BCUT2D eigenvalue weighted by molar-refractivity contribution is 0.123. The van der Waals surface area contributed by atoms with E-state index in [2.05, 4.69) is 19.2 Å². The molecule has 0 radical (unpaired) electrons. The summed E-state index contributed by atoms with van der Waals surface area (Å²) in [5, 5.41) is 13.2. The molecule has 0 bridgehead atoms. The SMILES string of the molecule is CCCC(CCC)NCC1(CO)CCCC1. The van der Waals surface area contributed by atoms with Crippen LogP contribution in [0.5, 0.6) is 0 Å².